The lowest BCUT2D eigenvalue weighted by Crippen LogP contribution is -2.50. The molecule has 0 aromatic carbocycles. The normalized spacial score (nSPS) is 29.0. The van der Waals surface area contributed by atoms with Gasteiger partial charge >= 0.3 is 6.09 Å². The van der Waals surface area contributed by atoms with Gasteiger partial charge in [-0.2, -0.15) is 0 Å². The lowest BCUT2D eigenvalue weighted by molar-refractivity contribution is -0.00943. The number of piperazine rings is 1. The van der Waals surface area contributed by atoms with Gasteiger partial charge in [0.15, 0.2) is 0 Å². The Morgan fingerprint density at radius 3 is 2.27 bits per heavy atom. The van der Waals surface area contributed by atoms with Gasteiger partial charge in [0.2, 0.25) is 0 Å². The molecule has 0 radical (unpaired) electrons. The Morgan fingerprint density at radius 2 is 1.62 bits per heavy atom. The van der Waals surface area contributed by atoms with E-state index in [9.17, 15) is 4.79 Å². The highest BCUT2D eigenvalue weighted by atomic mass is 16.6. The van der Waals surface area contributed by atoms with Crippen LogP contribution in [-0.2, 0) is 4.74 Å². The summed E-state index contributed by atoms with van der Waals surface area (Å²) >= 11 is 0. The van der Waals surface area contributed by atoms with E-state index in [4.69, 9.17) is 4.74 Å². The van der Waals surface area contributed by atoms with E-state index in [0.717, 1.165) is 84.3 Å². The van der Waals surface area contributed by atoms with Gasteiger partial charge in [0, 0.05) is 71.2 Å². The molecule has 0 N–H and O–H groups in total. The fourth-order valence-corrected chi connectivity index (χ4v) is 5.28. The Labute approximate surface area is 158 Å². The minimum absolute atomic E-state index is 0.0773. The lowest BCUT2D eigenvalue weighted by atomic mass is 9.90. The maximum absolute atomic E-state index is 12.4. The minimum Gasteiger partial charge on any atom is -0.441 e. The van der Waals surface area contributed by atoms with E-state index in [0.29, 0.717) is 0 Å². The van der Waals surface area contributed by atoms with Crippen LogP contribution in [0.4, 0.5) is 4.79 Å². The number of hydrogen-bond donors (Lipinski definition) is 0. The monoisotopic (exact) mass is 364 g/mol. The number of likely N-dealkylation sites (tertiary alicyclic amines) is 1. The van der Waals surface area contributed by atoms with Crippen molar-refractivity contribution in [1.29, 1.82) is 0 Å². The average molecular weight is 365 g/mol. The molecular formula is C20H36N4O2. The molecule has 148 valence electrons. The van der Waals surface area contributed by atoms with E-state index in [-0.39, 0.29) is 11.7 Å². The molecule has 0 atom stereocenters. The Balaban J connectivity index is 1.22. The molecule has 3 saturated heterocycles. The van der Waals surface area contributed by atoms with Crippen LogP contribution in [0.25, 0.3) is 0 Å². The highest BCUT2D eigenvalue weighted by molar-refractivity contribution is 5.70. The van der Waals surface area contributed by atoms with Gasteiger partial charge < -0.3 is 19.4 Å². The summed E-state index contributed by atoms with van der Waals surface area (Å²) in [7, 11) is 0. The van der Waals surface area contributed by atoms with Gasteiger partial charge in [0.25, 0.3) is 0 Å². The molecule has 0 unspecified atom stereocenters. The Morgan fingerprint density at radius 1 is 0.962 bits per heavy atom. The molecule has 6 heteroatoms. The molecule has 0 bridgehead atoms. The second-order valence-corrected chi connectivity index (χ2v) is 8.72. The molecule has 4 aliphatic rings. The van der Waals surface area contributed by atoms with Crippen LogP contribution < -0.4 is 0 Å². The molecule has 4 fully saturated rings. The number of carbonyl (C=O) groups excluding carboxylic acids is 1. The summed E-state index contributed by atoms with van der Waals surface area (Å²) in [5.41, 5.74) is -0.201. The maximum atomic E-state index is 12.4. The number of nitrogens with zero attached hydrogens (tertiary/aromatic N) is 4. The molecular weight excluding hydrogens is 328 g/mol. The van der Waals surface area contributed by atoms with Gasteiger partial charge in [-0.3, -0.25) is 4.90 Å². The first-order valence-corrected chi connectivity index (χ1v) is 10.8. The second-order valence-electron chi connectivity index (χ2n) is 8.72. The van der Waals surface area contributed by atoms with Gasteiger partial charge in [-0.15, -0.1) is 0 Å². The first kappa shape index (κ1) is 18.5. The molecule has 0 aromatic heterocycles. The predicted octanol–water partition coefficient (Wildman–Crippen LogP) is 1.85. The van der Waals surface area contributed by atoms with Crippen molar-refractivity contribution >= 4 is 6.09 Å². The largest absolute Gasteiger partial charge is 0.441 e. The van der Waals surface area contributed by atoms with Crippen LogP contribution in [0.3, 0.4) is 0 Å². The van der Waals surface area contributed by atoms with Crippen LogP contribution in [0.1, 0.15) is 45.4 Å². The van der Waals surface area contributed by atoms with Crippen LogP contribution >= 0.6 is 0 Å². The van der Waals surface area contributed by atoms with Gasteiger partial charge in [-0.1, -0.05) is 19.8 Å². The molecule has 3 heterocycles. The van der Waals surface area contributed by atoms with E-state index in [2.05, 4.69) is 21.6 Å². The SMILES string of the molecule is CCN1CCN(CCN2CC3(CCN(C4CCCC4)CC3)OC2=O)CC1. The van der Waals surface area contributed by atoms with Crippen molar-refractivity contribution in [2.45, 2.75) is 57.1 Å². The third-order valence-corrected chi connectivity index (χ3v) is 7.19. The molecule has 1 amide bonds. The van der Waals surface area contributed by atoms with Gasteiger partial charge in [-0.05, 0) is 19.4 Å². The van der Waals surface area contributed by atoms with Crippen LogP contribution in [0.2, 0.25) is 0 Å². The second kappa shape index (κ2) is 8.03. The van der Waals surface area contributed by atoms with Crippen molar-refractivity contribution in [1.82, 2.24) is 19.6 Å². The molecule has 1 spiro atoms. The summed E-state index contributed by atoms with van der Waals surface area (Å²) in [6, 6.07) is 0.794. The summed E-state index contributed by atoms with van der Waals surface area (Å²) in [5, 5.41) is 0. The van der Waals surface area contributed by atoms with Crippen molar-refractivity contribution < 1.29 is 9.53 Å². The van der Waals surface area contributed by atoms with E-state index < -0.39 is 0 Å². The Kier molecular flexibility index (Phi) is 5.72. The Hall–Kier alpha value is -0.850. The Bertz CT molecular complexity index is 478. The summed E-state index contributed by atoms with van der Waals surface area (Å²) in [5.74, 6) is 0. The topological polar surface area (TPSA) is 39.3 Å². The zero-order chi connectivity index (χ0) is 18.0. The fourth-order valence-electron chi connectivity index (χ4n) is 5.28. The number of carbonyl (C=O) groups is 1. The van der Waals surface area contributed by atoms with Gasteiger partial charge in [0.05, 0.1) is 6.54 Å². The van der Waals surface area contributed by atoms with Crippen molar-refractivity contribution in [3.63, 3.8) is 0 Å². The molecule has 4 rings (SSSR count). The van der Waals surface area contributed by atoms with E-state index in [1.807, 2.05) is 4.90 Å². The maximum Gasteiger partial charge on any atom is 0.410 e. The zero-order valence-corrected chi connectivity index (χ0v) is 16.5. The summed E-state index contributed by atoms with van der Waals surface area (Å²) in [4.78, 5) is 22.0. The molecule has 26 heavy (non-hydrogen) atoms. The summed E-state index contributed by atoms with van der Waals surface area (Å²) in [6.07, 6.45) is 7.46. The average Bonchev–Trinajstić information content (AvgIpc) is 3.30. The predicted molar refractivity (Wildman–Crippen MR) is 102 cm³/mol. The number of ether oxygens (including phenoxy) is 1. The summed E-state index contributed by atoms with van der Waals surface area (Å²) < 4.78 is 5.92. The zero-order valence-electron chi connectivity index (χ0n) is 16.5. The highest BCUT2D eigenvalue weighted by Gasteiger charge is 2.47. The molecule has 3 aliphatic heterocycles. The van der Waals surface area contributed by atoms with E-state index >= 15 is 0 Å². The van der Waals surface area contributed by atoms with E-state index in [1.54, 1.807) is 0 Å². The molecule has 1 aliphatic carbocycles. The van der Waals surface area contributed by atoms with Crippen molar-refractivity contribution in [2.75, 3.05) is 65.4 Å². The molecule has 6 nitrogen and oxygen atoms in total. The smallest absolute Gasteiger partial charge is 0.410 e. The van der Waals surface area contributed by atoms with E-state index in [1.165, 1.54) is 25.7 Å². The third kappa shape index (κ3) is 4.02. The third-order valence-electron chi connectivity index (χ3n) is 7.19. The molecule has 1 saturated carbocycles. The van der Waals surface area contributed by atoms with Crippen LogP contribution in [0, 0.1) is 0 Å². The minimum atomic E-state index is -0.201. The lowest BCUT2D eigenvalue weighted by Gasteiger charge is -2.40. The van der Waals surface area contributed by atoms with Crippen molar-refractivity contribution in [3.05, 3.63) is 0 Å². The first-order valence-electron chi connectivity index (χ1n) is 10.8. The van der Waals surface area contributed by atoms with Gasteiger partial charge in [0.1, 0.15) is 5.60 Å². The van der Waals surface area contributed by atoms with Crippen LogP contribution in [0.15, 0.2) is 0 Å². The van der Waals surface area contributed by atoms with Crippen molar-refractivity contribution in [3.8, 4) is 0 Å². The highest BCUT2D eigenvalue weighted by Crippen LogP contribution is 2.35. The molecule has 0 aromatic rings. The van der Waals surface area contributed by atoms with Crippen LogP contribution in [0.5, 0.6) is 0 Å². The number of amides is 1. The number of piperidine rings is 1. The first-order chi connectivity index (χ1) is 12.7. The fraction of sp³-hybridized carbons (Fsp3) is 0.950. The summed E-state index contributed by atoms with van der Waals surface area (Å²) in [6.45, 7) is 12.7. The number of rotatable bonds is 5. The van der Waals surface area contributed by atoms with Crippen LogP contribution in [-0.4, -0.2) is 103 Å². The van der Waals surface area contributed by atoms with Crippen molar-refractivity contribution in [2.24, 2.45) is 0 Å². The quantitative estimate of drug-likeness (QED) is 0.745. The standard InChI is InChI=1S/C20H36N4O2/c1-2-21-11-13-22(14-12-21)15-16-24-17-20(26-19(24)25)7-9-23(10-8-20)18-5-3-4-6-18/h18H,2-17H2,1H3. The number of hydrogen-bond acceptors (Lipinski definition) is 5. The number of likely N-dealkylation sites (N-methyl/N-ethyl adjacent to an activating group) is 1. The van der Waals surface area contributed by atoms with Gasteiger partial charge in [-0.25, -0.2) is 4.79 Å².